The minimum Gasteiger partial charge on any atom is -0.493 e. The predicted octanol–water partition coefficient (Wildman–Crippen LogP) is 3.57. The van der Waals surface area contributed by atoms with Crippen molar-refractivity contribution in [3.8, 4) is 11.5 Å². The summed E-state index contributed by atoms with van der Waals surface area (Å²) >= 11 is 1.52. The standard InChI is InChI=1S/C20H19NO6S/c1-24-15-8-7-13(11-17(15)25-2)18(27-20(23)16-6-3-9-26-16)19(22)21-12-14-5-4-10-28-14/h3-11,18H,12H2,1-2H3,(H,21,22). The van der Waals surface area contributed by atoms with Gasteiger partial charge < -0.3 is 23.9 Å². The second kappa shape index (κ2) is 9.09. The molecule has 1 amide bonds. The zero-order valence-electron chi connectivity index (χ0n) is 15.3. The maximum atomic E-state index is 12.8. The van der Waals surface area contributed by atoms with E-state index >= 15 is 0 Å². The fourth-order valence-electron chi connectivity index (χ4n) is 2.53. The summed E-state index contributed by atoms with van der Waals surface area (Å²) in [4.78, 5) is 26.1. The smallest absolute Gasteiger partial charge is 0.375 e. The molecule has 1 aromatic carbocycles. The van der Waals surface area contributed by atoms with Gasteiger partial charge in [-0.1, -0.05) is 12.1 Å². The number of amides is 1. The van der Waals surface area contributed by atoms with E-state index in [9.17, 15) is 9.59 Å². The number of carbonyl (C=O) groups is 2. The third-order valence-corrected chi connectivity index (χ3v) is 4.79. The first kappa shape index (κ1) is 19.5. The van der Waals surface area contributed by atoms with Crippen LogP contribution in [0.1, 0.15) is 27.1 Å². The van der Waals surface area contributed by atoms with Crippen molar-refractivity contribution in [1.82, 2.24) is 5.32 Å². The minimum absolute atomic E-state index is 0.0107. The largest absolute Gasteiger partial charge is 0.493 e. The van der Waals surface area contributed by atoms with Gasteiger partial charge in [-0.2, -0.15) is 0 Å². The Hall–Kier alpha value is -3.26. The normalized spacial score (nSPS) is 11.5. The first-order chi connectivity index (χ1) is 13.6. The van der Waals surface area contributed by atoms with Gasteiger partial charge in [0.15, 0.2) is 11.5 Å². The molecular weight excluding hydrogens is 382 g/mol. The van der Waals surface area contributed by atoms with Crippen molar-refractivity contribution in [3.05, 3.63) is 70.3 Å². The van der Waals surface area contributed by atoms with Crippen molar-refractivity contribution in [2.75, 3.05) is 14.2 Å². The summed E-state index contributed by atoms with van der Waals surface area (Å²) in [6.45, 7) is 0.332. The lowest BCUT2D eigenvalue weighted by Crippen LogP contribution is -2.31. The first-order valence-corrected chi connectivity index (χ1v) is 9.27. The van der Waals surface area contributed by atoms with E-state index in [1.165, 1.54) is 37.9 Å². The number of hydrogen-bond donors (Lipinski definition) is 1. The summed E-state index contributed by atoms with van der Waals surface area (Å²) in [7, 11) is 3.00. The number of methoxy groups -OCH3 is 2. The van der Waals surface area contributed by atoms with E-state index < -0.39 is 18.0 Å². The van der Waals surface area contributed by atoms with Crippen LogP contribution in [0.2, 0.25) is 0 Å². The second-order valence-corrected chi connectivity index (χ2v) is 6.71. The van der Waals surface area contributed by atoms with Crippen LogP contribution in [-0.2, 0) is 16.1 Å². The number of esters is 1. The van der Waals surface area contributed by atoms with Crippen molar-refractivity contribution in [1.29, 1.82) is 0 Å². The van der Waals surface area contributed by atoms with Gasteiger partial charge in [0.05, 0.1) is 27.0 Å². The van der Waals surface area contributed by atoms with E-state index in [4.69, 9.17) is 18.6 Å². The molecule has 1 atom stereocenters. The number of ether oxygens (including phenoxy) is 3. The van der Waals surface area contributed by atoms with Crippen molar-refractivity contribution >= 4 is 23.2 Å². The first-order valence-electron chi connectivity index (χ1n) is 8.39. The molecule has 0 fully saturated rings. The summed E-state index contributed by atoms with van der Waals surface area (Å²) in [5.41, 5.74) is 0.446. The maximum absolute atomic E-state index is 12.8. The summed E-state index contributed by atoms with van der Waals surface area (Å²) < 4.78 is 21.0. The van der Waals surface area contributed by atoms with E-state index in [0.29, 0.717) is 23.6 Å². The molecule has 1 N–H and O–H groups in total. The van der Waals surface area contributed by atoms with Crippen molar-refractivity contribution < 1.29 is 28.2 Å². The lowest BCUT2D eigenvalue weighted by molar-refractivity contribution is -0.130. The average molecular weight is 401 g/mol. The van der Waals surface area contributed by atoms with Crippen LogP contribution < -0.4 is 14.8 Å². The van der Waals surface area contributed by atoms with E-state index in [0.717, 1.165) is 4.88 Å². The molecule has 3 rings (SSSR count). The van der Waals surface area contributed by atoms with Crippen LogP contribution in [0.5, 0.6) is 11.5 Å². The molecule has 0 bridgehead atoms. The summed E-state index contributed by atoms with van der Waals surface area (Å²) in [6, 6.07) is 11.7. The SMILES string of the molecule is COc1ccc(C(OC(=O)c2ccco2)C(=O)NCc2cccs2)cc1OC. The number of benzene rings is 1. The Morgan fingerprint density at radius 2 is 1.93 bits per heavy atom. The highest BCUT2D eigenvalue weighted by Gasteiger charge is 2.27. The molecule has 8 heteroatoms. The molecule has 7 nitrogen and oxygen atoms in total. The van der Waals surface area contributed by atoms with Crippen molar-refractivity contribution in [3.63, 3.8) is 0 Å². The van der Waals surface area contributed by atoms with E-state index in [2.05, 4.69) is 5.32 Å². The number of thiophene rings is 1. The van der Waals surface area contributed by atoms with Crippen LogP contribution in [0.25, 0.3) is 0 Å². The van der Waals surface area contributed by atoms with Crippen LogP contribution in [-0.4, -0.2) is 26.1 Å². The van der Waals surface area contributed by atoms with Gasteiger partial charge >= 0.3 is 5.97 Å². The molecule has 0 spiro atoms. The maximum Gasteiger partial charge on any atom is 0.375 e. The lowest BCUT2D eigenvalue weighted by Gasteiger charge is -2.19. The Bertz CT molecular complexity index is 920. The van der Waals surface area contributed by atoms with E-state index in [-0.39, 0.29) is 5.76 Å². The lowest BCUT2D eigenvalue weighted by atomic mass is 10.1. The Labute approximate surface area is 165 Å². The fraction of sp³-hybridized carbons (Fsp3) is 0.200. The summed E-state index contributed by atoms with van der Waals surface area (Å²) in [5, 5.41) is 4.71. The Morgan fingerprint density at radius 1 is 1.11 bits per heavy atom. The van der Waals surface area contributed by atoms with Crippen LogP contribution in [0, 0.1) is 0 Å². The molecule has 2 aromatic heterocycles. The number of furan rings is 1. The monoisotopic (exact) mass is 401 g/mol. The fourth-order valence-corrected chi connectivity index (χ4v) is 3.17. The van der Waals surface area contributed by atoms with E-state index in [1.807, 2.05) is 17.5 Å². The highest BCUT2D eigenvalue weighted by atomic mass is 32.1. The molecule has 3 aromatic rings. The molecule has 0 saturated heterocycles. The van der Waals surface area contributed by atoms with Gasteiger partial charge in [-0.25, -0.2) is 4.79 Å². The van der Waals surface area contributed by atoms with Gasteiger partial charge in [0.25, 0.3) is 5.91 Å². The van der Waals surface area contributed by atoms with Crippen LogP contribution in [0.3, 0.4) is 0 Å². The zero-order valence-corrected chi connectivity index (χ0v) is 16.2. The highest BCUT2D eigenvalue weighted by Crippen LogP contribution is 2.31. The number of hydrogen-bond acceptors (Lipinski definition) is 7. The Balaban J connectivity index is 1.84. The Morgan fingerprint density at radius 3 is 2.57 bits per heavy atom. The number of rotatable bonds is 8. The quantitative estimate of drug-likeness (QED) is 0.581. The topological polar surface area (TPSA) is 87.0 Å². The third-order valence-electron chi connectivity index (χ3n) is 3.91. The molecule has 0 aliphatic heterocycles. The van der Waals surface area contributed by atoms with Crippen molar-refractivity contribution in [2.24, 2.45) is 0 Å². The van der Waals surface area contributed by atoms with Crippen LogP contribution in [0.15, 0.2) is 58.5 Å². The van der Waals surface area contributed by atoms with Gasteiger partial charge in [-0.3, -0.25) is 4.79 Å². The molecule has 0 radical (unpaired) electrons. The molecular formula is C20H19NO6S. The van der Waals surface area contributed by atoms with Crippen LogP contribution >= 0.6 is 11.3 Å². The zero-order chi connectivity index (χ0) is 19.9. The van der Waals surface area contributed by atoms with E-state index in [1.54, 1.807) is 24.3 Å². The molecule has 28 heavy (non-hydrogen) atoms. The molecule has 1 unspecified atom stereocenters. The van der Waals surface area contributed by atoms with Gasteiger partial charge in [-0.05, 0) is 35.7 Å². The van der Waals surface area contributed by atoms with Gasteiger partial charge in [0.1, 0.15) is 0 Å². The predicted molar refractivity (Wildman–Crippen MR) is 103 cm³/mol. The van der Waals surface area contributed by atoms with Crippen LogP contribution in [0.4, 0.5) is 0 Å². The molecule has 146 valence electrons. The Kier molecular flexibility index (Phi) is 6.33. The van der Waals surface area contributed by atoms with Gasteiger partial charge in [-0.15, -0.1) is 11.3 Å². The highest BCUT2D eigenvalue weighted by molar-refractivity contribution is 7.09. The third kappa shape index (κ3) is 4.52. The minimum atomic E-state index is -1.18. The van der Waals surface area contributed by atoms with Gasteiger partial charge in [0.2, 0.25) is 11.9 Å². The molecule has 0 aliphatic rings. The number of nitrogens with one attached hydrogen (secondary N) is 1. The summed E-state index contributed by atoms with van der Waals surface area (Å²) in [6.07, 6.45) is 0.177. The molecule has 2 heterocycles. The summed E-state index contributed by atoms with van der Waals surface area (Å²) in [5.74, 6) is -0.264. The van der Waals surface area contributed by atoms with Crippen molar-refractivity contribution in [2.45, 2.75) is 12.6 Å². The number of carbonyl (C=O) groups excluding carboxylic acids is 2. The molecule has 0 saturated carbocycles. The molecule has 0 aliphatic carbocycles. The van der Waals surface area contributed by atoms with Gasteiger partial charge in [0, 0.05) is 10.4 Å². The average Bonchev–Trinajstić information content (AvgIpc) is 3.43. The second-order valence-electron chi connectivity index (χ2n) is 5.67.